The van der Waals surface area contributed by atoms with Crippen LogP contribution in [0.15, 0.2) is 16.6 Å². The fourth-order valence-electron chi connectivity index (χ4n) is 1.13. The van der Waals surface area contributed by atoms with E-state index in [4.69, 9.17) is 0 Å². The number of halogens is 3. The van der Waals surface area contributed by atoms with Crippen molar-refractivity contribution in [3.8, 4) is 0 Å². The molecule has 0 aliphatic carbocycles. The zero-order valence-electron chi connectivity index (χ0n) is 7.40. The maximum Gasteiger partial charge on any atom is 0.143 e. The summed E-state index contributed by atoms with van der Waals surface area (Å²) in [6.07, 6.45) is 2.22. The van der Waals surface area contributed by atoms with Gasteiger partial charge in [-0.25, -0.2) is 8.78 Å². The normalized spacial score (nSPS) is 10.2. The minimum absolute atomic E-state index is 0.138. The second kappa shape index (κ2) is 5.20. The largest absolute Gasteiger partial charge is 0.303 e. The number of aryl methyl sites for hydroxylation is 1. The quantitative estimate of drug-likeness (QED) is 0.463. The highest BCUT2D eigenvalue weighted by atomic mass is 79.9. The molecule has 4 heteroatoms. The number of rotatable bonds is 4. The summed E-state index contributed by atoms with van der Waals surface area (Å²) in [5.74, 6) is -1.18. The molecule has 1 rings (SSSR count). The van der Waals surface area contributed by atoms with Gasteiger partial charge < -0.3 is 4.79 Å². The Hall–Kier alpha value is -0.770. The number of carbonyl (C=O) groups is 1. The van der Waals surface area contributed by atoms with Gasteiger partial charge in [0.1, 0.15) is 17.9 Å². The summed E-state index contributed by atoms with van der Waals surface area (Å²) in [6, 6.07) is 2.61. The smallest absolute Gasteiger partial charge is 0.143 e. The molecule has 0 aliphatic rings. The Labute approximate surface area is 89.3 Å². The van der Waals surface area contributed by atoms with Gasteiger partial charge >= 0.3 is 0 Å². The number of aldehydes is 1. The molecule has 0 unspecified atom stereocenters. The Morgan fingerprint density at radius 3 is 2.71 bits per heavy atom. The fourth-order valence-corrected chi connectivity index (χ4v) is 1.52. The molecule has 0 aromatic heterocycles. The predicted molar refractivity (Wildman–Crippen MR) is 53.1 cm³/mol. The highest BCUT2D eigenvalue weighted by Gasteiger charge is 2.10. The first-order valence-corrected chi connectivity index (χ1v) is 5.02. The molecule has 0 atom stereocenters. The molecule has 0 heterocycles. The lowest BCUT2D eigenvalue weighted by Gasteiger charge is -2.03. The van der Waals surface area contributed by atoms with E-state index in [0.717, 1.165) is 6.29 Å². The molecule has 0 saturated carbocycles. The molecule has 14 heavy (non-hydrogen) atoms. The van der Waals surface area contributed by atoms with Crippen molar-refractivity contribution < 1.29 is 13.6 Å². The van der Waals surface area contributed by atoms with E-state index in [9.17, 15) is 13.6 Å². The molecule has 1 aromatic rings. The van der Waals surface area contributed by atoms with E-state index < -0.39 is 11.6 Å². The summed E-state index contributed by atoms with van der Waals surface area (Å²) in [4.78, 5) is 10.0. The molecule has 1 nitrogen and oxygen atoms in total. The Morgan fingerprint density at radius 2 is 2.07 bits per heavy atom. The van der Waals surface area contributed by atoms with Gasteiger partial charge in [-0.05, 0) is 40.4 Å². The van der Waals surface area contributed by atoms with Gasteiger partial charge in [-0.15, -0.1) is 0 Å². The van der Waals surface area contributed by atoms with Crippen LogP contribution < -0.4 is 0 Å². The van der Waals surface area contributed by atoms with Crippen LogP contribution >= 0.6 is 15.9 Å². The van der Waals surface area contributed by atoms with Crippen molar-refractivity contribution in [2.75, 3.05) is 0 Å². The zero-order chi connectivity index (χ0) is 10.6. The number of hydrogen-bond acceptors (Lipinski definition) is 1. The number of hydrogen-bond donors (Lipinski definition) is 0. The van der Waals surface area contributed by atoms with Crippen LogP contribution in [-0.4, -0.2) is 6.29 Å². The van der Waals surface area contributed by atoms with Gasteiger partial charge in [0.15, 0.2) is 0 Å². The lowest BCUT2D eigenvalue weighted by molar-refractivity contribution is -0.107. The predicted octanol–water partition coefficient (Wildman–Crippen LogP) is 3.25. The average Bonchev–Trinajstić information content (AvgIpc) is 2.18. The van der Waals surface area contributed by atoms with Crippen molar-refractivity contribution in [1.29, 1.82) is 0 Å². The summed E-state index contributed by atoms with van der Waals surface area (Å²) in [7, 11) is 0. The van der Waals surface area contributed by atoms with Crippen molar-refractivity contribution in [2.45, 2.75) is 19.3 Å². The van der Waals surface area contributed by atoms with E-state index in [0.29, 0.717) is 24.8 Å². The van der Waals surface area contributed by atoms with Crippen molar-refractivity contribution >= 4 is 22.2 Å². The third-order valence-corrected chi connectivity index (χ3v) is 2.61. The molecule has 1 aromatic carbocycles. The van der Waals surface area contributed by atoms with Crippen LogP contribution in [0.2, 0.25) is 0 Å². The standard InChI is InChI=1S/C10H9BrF2O/c11-9-8(12)5-4-7(10(9)13)3-1-2-6-14/h4-6H,1-3H2. The van der Waals surface area contributed by atoms with Crippen molar-refractivity contribution in [2.24, 2.45) is 0 Å². The minimum atomic E-state index is -0.610. The maximum absolute atomic E-state index is 13.3. The summed E-state index contributed by atoms with van der Waals surface area (Å²) < 4.78 is 26.0. The van der Waals surface area contributed by atoms with Crippen LogP contribution in [0.1, 0.15) is 18.4 Å². The van der Waals surface area contributed by atoms with Gasteiger partial charge in [0.25, 0.3) is 0 Å². The molecule has 0 N–H and O–H groups in total. The van der Waals surface area contributed by atoms with Gasteiger partial charge in [0, 0.05) is 6.42 Å². The summed E-state index contributed by atoms with van der Waals surface area (Å²) in [6.45, 7) is 0. The van der Waals surface area contributed by atoms with Crippen molar-refractivity contribution in [3.63, 3.8) is 0 Å². The molecular formula is C10H9BrF2O. The zero-order valence-corrected chi connectivity index (χ0v) is 8.98. The molecule has 0 radical (unpaired) electrons. The van der Waals surface area contributed by atoms with E-state index in [2.05, 4.69) is 15.9 Å². The molecular weight excluding hydrogens is 254 g/mol. The van der Waals surface area contributed by atoms with Gasteiger partial charge in [-0.1, -0.05) is 6.07 Å². The average molecular weight is 263 g/mol. The van der Waals surface area contributed by atoms with Crippen LogP contribution in [0, 0.1) is 11.6 Å². The first-order valence-electron chi connectivity index (χ1n) is 4.23. The second-order valence-electron chi connectivity index (χ2n) is 2.89. The van der Waals surface area contributed by atoms with Crippen molar-refractivity contribution in [3.05, 3.63) is 33.8 Å². The molecule has 0 aliphatic heterocycles. The van der Waals surface area contributed by atoms with Crippen LogP contribution in [0.4, 0.5) is 8.78 Å². The van der Waals surface area contributed by atoms with Crippen LogP contribution in [-0.2, 0) is 11.2 Å². The summed E-state index contributed by atoms with van der Waals surface area (Å²) in [5, 5.41) is 0. The van der Waals surface area contributed by atoms with E-state index in [-0.39, 0.29) is 4.47 Å². The monoisotopic (exact) mass is 262 g/mol. The minimum Gasteiger partial charge on any atom is -0.303 e. The molecule has 0 bridgehead atoms. The van der Waals surface area contributed by atoms with Crippen LogP contribution in [0.3, 0.4) is 0 Å². The Morgan fingerprint density at radius 1 is 1.36 bits per heavy atom. The first kappa shape index (κ1) is 11.3. The van der Waals surface area contributed by atoms with Crippen LogP contribution in [0.5, 0.6) is 0 Å². The molecule has 76 valence electrons. The van der Waals surface area contributed by atoms with E-state index in [1.54, 1.807) is 0 Å². The number of carbonyl (C=O) groups excluding carboxylic acids is 1. The lowest BCUT2D eigenvalue weighted by Crippen LogP contribution is -1.94. The Balaban J connectivity index is 2.78. The lowest BCUT2D eigenvalue weighted by atomic mass is 10.1. The van der Waals surface area contributed by atoms with E-state index >= 15 is 0 Å². The third-order valence-electron chi connectivity index (χ3n) is 1.88. The molecule has 0 spiro atoms. The Bertz CT molecular complexity index is 339. The van der Waals surface area contributed by atoms with E-state index in [1.165, 1.54) is 12.1 Å². The first-order chi connectivity index (χ1) is 6.66. The van der Waals surface area contributed by atoms with E-state index in [1.807, 2.05) is 0 Å². The van der Waals surface area contributed by atoms with Gasteiger partial charge in [-0.3, -0.25) is 0 Å². The van der Waals surface area contributed by atoms with Crippen LogP contribution in [0.25, 0.3) is 0 Å². The number of benzene rings is 1. The van der Waals surface area contributed by atoms with Gasteiger partial charge in [-0.2, -0.15) is 0 Å². The van der Waals surface area contributed by atoms with Crippen molar-refractivity contribution in [1.82, 2.24) is 0 Å². The van der Waals surface area contributed by atoms with Gasteiger partial charge in [0.2, 0.25) is 0 Å². The summed E-state index contributed by atoms with van der Waals surface area (Å²) in [5.41, 5.74) is 0.431. The third kappa shape index (κ3) is 2.61. The SMILES string of the molecule is O=CCCCc1ccc(F)c(Br)c1F. The molecule has 0 saturated heterocycles. The Kier molecular flexibility index (Phi) is 4.20. The maximum atomic E-state index is 13.3. The topological polar surface area (TPSA) is 17.1 Å². The molecule has 0 amide bonds. The summed E-state index contributed by atoms with van der Waals surface area (Å²) >= 11 is 2.82. The second-order valence-corrected chi connectivity index (χ2v) is 3.69. The van der Waals surface area contributed by atoms with Gasteiger partial charge in [0.05, 0.1) is 4.47 Å². The number of unbranched alkanes of at least 4 members (excludes halogenated alkanes) is 1. The highest BCUT2D eigenvalue weighted by molar-refractivity contribution is 9.10. The fraction of sp³-hybridized carbons (Fsp3) is 0.300. The highest BCUT2D eigenvalue weighted by Crippen LogP contribution is 2.23. The molecule has 0 fully saturated rings.